The molecule has 0 nitrogen and oxygen atoms in total. The summed E-state index contributed by atoms with van der Waals surface area (Å²) in [5, 5.41) is 0. The van der Waals surface area contributed by atoms with Crippen molar-refractivity contribution in [2.24, 2.45) is 0 Å². The Bertz CT molecular complexity index is 285. The normalized spacial score (nSPS) is 12.2. The van der Waals surface area contributed by atoms with Gasteiger partial charge >= 0.3 is 0 Å². The van der Waals surface area contributed by atoms with Gasteiger partial charge in [0.25, 0.3) is 0 Å². The van der Waals surface area contributed by atoms with Gasteiger partial charge < -0.3 is 0 Å². The average Bonchev–Trinajstić information content (AvgIpc) is 2.13. The molecule has 0 saturated carbocycles. The lowest BCUT2D eigenvalue weighted by Crippen LogP contribution is -2.14. The van der Waals surface area contributed by atoms with Crippen LogP contribution in [-0.2, 0) is 0 Å². The van der Waals surface area contributed by atoms with Crippen molar-refractivity contribution in [2.75, 3.05) is 0 Å². The van der Waals surface area contributed by atoms with Gasteiger partial charge in [-0.2, -0.15) is 11.1 Å². The first-order valence-electron chi connectivity index (χ1n) is 4.98. The van der Waals surface area contributed by atoms with Crippen LogP contribution in [0.5, 0.6) is 0 Å². The number of benzene rings is 1. The molecule has 14 heavy (non-hydrogen) atoms. The molecule has 0 aliphatic heterocycles. The third kappa shape index (κ3) is 5.25. The fourth-order valence-corrected chi connectivity index (χ4v) is 2.39. The predicted octanol–water partition coefficient (Wildman–Crippen LogP) is 4.53. The molecule has 1 aromatic rings. The first kappa shape index (κ1) is 11.5. The van der Waals surface area contributed by atoms with Gasteiger partial charge in [0, 0.05) is 0 Å². The maximum absolute atomic E-state index is 6.22. The minimum absolute atomic E-state index is 1.09. The lowest BCUT2D eigenvalue weighted by Gasteiger charge is -2.09. The van der Waals surface area contributed by atoms with Crippen LogP contribution in [0.25, 0.3) is 6.08 Å². The molecule has 0 fully saturated rings. The van der Waals surface area contributed by atoms with Crippen molar-refractivity contribution < 1.29 is 0 Å². The molecule has 0 spiro atoms. The van der Waals surface area contributed by atoms with Crippen molar-refractivity contribution in [2.45, 2.75) is 25.6 Å². The lowest BCUT2D eigenvalue weighted by atomic mass is 10.2. The Hall–Kier alpha value is -0.533. The van der Waals surface area contributed by atoms with Crippen LogP contribution in [0.1, 0.15) is 12.0 Å². The lowest BCUT2D eigenvalue weighted by molar-refractivity contribution is 1.19. The topological polar surface area (TPSA) is 0 Å². The van der Waals surface area contributed by atoms with Gasteiger partial charge in [0.2, 0.25) is 0 Å². The minimum atomic E-state index is -1.37. The van der Waals surface area contributed by atoms with Gasteiger partial charge in [-0.3, -0.25) is 0 Å². The zero-order valence-corrected chi connectivity index (χ0v) is 10.6. The van der Waals surface area contributed by atoms with Crippen molar-refractivity contribution in [1.29, 1.82) is 0 Å². The molecule has 0 aliphatic rings. The fraction of sp³-hybridized carbons (Fsp3) is 0.333. The maximum Gasteiger partial charge on any atom is 0.150 e. The van der Waals surface area contributed by atoms with Gasteiger partial charge in [0.15, 0.2) is 7.38 Å². The van der Waals surface area contributed by atoms with E-state index >= 15 is 0 Å². The van der Waals surface area contributed by atoms with Crippen LogP contribution in [0.4, 0.5) is 0 Å². The standard InChI is InChI=1S/C12H17ClSi/c1-14(2,13)11-7-6-10-12-8-4-3-5-9-12/h3-6,8-10H,7,11H2,1-2H3. The number of halogens is 1. The summed E-state index contributed by atoms with van der Waals surface area (Å²) < 4.78 is 0. The second-order valence-corrected chi connectivity index (χ2v) is 11.1. The summed E-state index contributed by atoms with van der Waals surface area (Å²) in [6.07, 6.45) is 5.47. The van der Waals surface area contributed by atoms with Crippen LogP contribution in [0, 0.1) is 0 Å². The van der Waals surface area contributed by atoms with Crippen LogP contribution in [0.15, 0.2) is 36.4 Å². The largest absolute Gasteiger partial charge is 0.168 e. The smallest absolute Gasteiger partial charge is 0.150 e. The van der Waals surface area contributed by atoms with E-state index in [0.717, 1.165) is 12.5 Å². The SMILES string of the molecule is C[Si](C)(Cl)CCC=Cc1ccccc1. The van der Waals surface area contributed by atoms with Gasteiger partial charge in [-0.25, -0.2) is 0 Å². The Morgan fingerprint density at radius 3 is 2.43 bits per heavy atom. The first-order chi connectivity index (χ1) is 6.58. The molecule has 0 bridgehead atoms. The average molecular weight is 225 g/mol. The molecule has 0 unspecified atom stereocenters. The molecule has 2 heteroatoms. The highest BCUT2D eigenvalue weighted by Crippen LogP contribution is 2.17. The Balaban J connectivity index is 2.35. The van der Waals surface area contributed by atoms with Gasteiger partial charge in [-0.1, -0.05) is 55.6 Å². The third-order valence-corrected chi connectivity index (χ3v) is 4.06. The fourth-order valence-electron chi connectivity index (χ4n) is 1.21. The molecule has 1 aromatic carbocycles. The summed E-state index contributed by atoms with van der Waals surface area (Å²) in [6.45, 7) is 4.37. The van der Waals surface area contributed by atoms with E-state index < -0.39 is 7.38 Å². The summed E-state index contributed by atoms with van der Waals surface area (Å²) in [5.74, 6) is 0. The summed E-state index contributed by atoms with van der Waals surface area (Å²) in [5.41, 5.74) is 1.27. The van der Waals surface area contributed by atoms with E-state index in [9.17, 15) is 0 Å². The summed E-state index contributed by atoms with van der Waals surface area (Å²) in [6, 6.07) is 11.5. The Morgan fingerprint density at radius 1 is 1.21 bits per heavy atom. The third-order valence-electron chi connectivity index (χ3n) is 2.02. The summed E-state index contributed by atoms with van der Waals surface area (Å²) in [4.78, 5) is 0. The van der Waals surface area contributed by atoms with E-state index in [4.69, 9.17) is 11.1 Å². The van der Waals surface area contributed by atoms with Crippen LogP contribution >= 0.6 is 11.1 Å². The summed E-state index contributed by atoms with van der Waals surface area (Å²) >= 11 is 6.22. The van der Waals surface area contributed by atoms with E-state index in [1.165, 1.54) is 5.56 Å². The van der Waals surface area contributed by atoms with E-state index in [-0.39, 0.29) is 0 Å². The zero-order valence-electron chi connectivity index (χ0n) is 8.83. The van der Waals surface area contributed by atoms with Gasteiger partial charge in [0.1, 0.15) is 0 Å². The molecule has 1 rings (SSSR count). The number of allylic oxidation sites excluding steroid dienone is 1. The molecule has 0 aliphatic carbocycles. The molecule has 0 aromatic heterocycles. The zero-order chi connectivity index (χ0) is 10.4. The Labute approximate surface area is 92.3 Å². The van der Waals surface area contributed by atoms with E-state index in [2.05, 4.69) is 49.5 Å². The Kier molecular flexibility index (Phi) is 4.43. The second kappa shape index (κ2) is 5.37. The second-order valence-electron chi connectivity index (χ2n) is 4.07. The highest BCUT2D eigenvalue weighted by Gasteiger charge is 2.14. The van der Waals surface area contributed by atoms with Gasteiger partial charge in [-0.15, -0.1) is 0 Å². The van der Waals surface area contributed by atoms with Crippen LogP contribution in [-0.4, -0.2) is 7.38 Å². The van der Waals surface area contributed by atoms with E-state index in [1.54, 1.807) is 0 Å². The highest BCUT2D eigenvalue weighted by atomic mass is 35.6. The monoisotopic (exact) mass is 224 g/mol. The molecule has 0 radical (unpaired) electrons. The molecule has 0 amide bonds. The number of hydrogen-bond acceptors (Lipinski definition) is 0. The molecule has 0 N–H and O–H groups in total. The van der Waals surface area contributed by atoms with Crippen LogP contribution in [0.3, 0.4) is 0 Å². The molecular formula is C12H17ClSi. The van der Waals surface area contributed by atoms with Crippen molar-refractivity contribution in [3.63, 3.8) is 0 Å². The molecule has 0 saturated heterocycles. The molecule has 76 valence electrons. The quantitative estimate of drug-likeness (QED) is 0.521. The summed E-state index contributed by atoms with van der Waals surface area (Å²) in [7, 11) is -1.37. The van der Waals surface area contributed by atoms with Gasteiger partial charge in [-0.05, 0) is 18.0 Å². The number of rotatable bonds is 4. The first-order valence-corrected chi connectivity index (χ1v) is 9.20. The molecular weight excluding hydrogens is 208 g/mol. The van der Waals surface area contributed by atoms with Crippen molar-refractivity contribution in [1.82, 2.24) is 0 Å². The predicted molar refractivity (Wildman–Crippen MR) is 68.2 cm³/mol. The Morgan fingerprint density at radius 2 is 1.86 bits per heavy atom. The van der Waals surface area contributed by atoms with Crippen LogP contribution < -0.4 is 0 Å². The van der Waals surface area contributed by atoms with Crippen molar-refractivity contribution in [3.8, 4) is 0 Å². The van der Waals surface area contributed by atoms with Crippen molar-refractivity contribution in [3.05, 3.63) is 42.0 Å². The molecule has 0 atom stereocenters. The van der Waals surface area contributed by atoms with Gasteiger partial charge in [0.05, 0.1) is 0 Å². The maximum atomic E-state index is 6.22. The molecule has 0 heterocycles. The van der Waals surface area contributed by atoms with E-state index in [1.807, 2.05) is 6.07 Å². The minimum Gasteiger partial charge on any atom is -0.168 e. The van der Waals surface area contributed by atoms with Crippen molar-refractivity contribution >= 4 is 24.5 Å². The highest BCUT2D eigenvalue weighted by molar-refractivity contribution is 7.19. The number of hydrogen-bond donors (Lipinski definition) is 0. The van der Waals surface area contributed by atoms with Crippen LogP contribution in [0.2, 0.25) is 19.1 Å². The van der Waals surface area contributed by atoms with E-state index in [0.29, 0.717) is 0 Å².